The normalized spacial score (nSPS) is 11.2. The van der Waals surface area contributed by atoms with Crippen molar-refractivity contribution in [2.45, 2.75) is 0 Å². The number of nitrogens with zero attached hydrogens (tertiary/aromatic N) is 2. The minimum absolute atomic E-state index is 0.491. The number of thiocarbonyl (C=S) groups is 1. The second-order valence-electron chi connectivity index (χ2n) is 1.85. The van der Waals surface area contributed by atoms with Gasteiger partial charge in [0.2, 0.25) is 0 Å². The molecule has 6 heteroatoms. The monoisotopic (exact) mass is 201 g/mol. The molecule has 0 fully saturated rings. The minimum Gasteiger partial charge on any atom is -0.399 e. The fraction of sp³-hybridized carbons (Fsp3) is 0.167. The molecule has 4 nitrogen and oxygen atoms in total. The van der Waals surface area contributed by atoms with E-state index in [1.54, 1.807) is 5.38 Å². The number of nitrogen functional groups attached to an aromatic ring is 1. The van der Waals surface area contributed by atoms with E-state index in [4.69, 9.17) is 18.0 Å². The first-order valence-electron chi connectivity index (χ1n) is 3.05. The Balaban J connectivity index is 2.94. The van der Waals surface area contributed by atoms with Gasteiger partial charge in [-0.2, -0.15) is 0 Å². The van der Waals surface area contributed by atoms with Gasteiger partial charge >= 0.3 is 0 Å². The van der Waals surface area contributed by atoms with Crippen LogP contribution in [0.15, 0.2) is 10.5 Å². The van der Waals surface area contributed by atoms with Gasteiger partial charge < -0.3 is 10.6 Å². The Morgan fingerprint density at radius 3 is 3.08 bits per heavy atom. The van der Waals surface area contributed by atoms with Crippen molar-refractivity contribution >= 4 is 39.8 Å². The fourth-order valence-corrected chi connectivity index (χ4v) is 1.35. The number of hydrogen-bond donors (Lipinski definition) is 1. The number of anilines is 1. The van der Waals surface area contributed by atoms with Gasteiger partial charge in [-0.3, -0.25) is 0 Å². The third-order valence-corrected chi connectivity index (χ3v) is 1.98. The minimum atomic E-state index is 0.491. The Morgan fingerprint density at radius 1 is 1.92 bits per heavy atom. The molecule has 0 aliphatic carbocycles. The first kappa shape index (κ1) is 9.08. The summed E-state index contributed by atoms with van der Waals surface area (Å²) in [6.07, 6.45) is 0. The maximum Gasteiger partial charge on any atom is 0.180 e. The molecule has 0 atom stereocenters. The van der Waals surface area contributed by atoms with E-state index < -0.39 is 0 Å². The molecule has 64 valence electrons. The summed E-state index contributed by atoms with van der Waals surface area (Å²) in [6.45, 7) is 0. The molecule has 0 aliphatic heterocycles. The van der Waals surface area contributed by atoms with Crippen molar-refractivity contribution in [3.05, 3.63) is 11.1 Å². The zero-order chi connectivity index (χ0) is 8.97. The van der Waals surface area contributed by atoms with Crippen LogP contribution in [0.4, 0.5) is 5.13 Å². The number of aromatic nitrogens is 1. The molecule has 0 aromatic carbocycles. The molecule has 12 heavy (non-hydrogen) atoms. The van der Waals surface area contributed by atoms with Gasteiger partial charge in [-0.1, -0.05) is 17.4 Å². The standard InChI is InChI=1S/C6H7N3OS2/c1-10-9-4(2-11)5-3-12-6(7)8-5/h2-3H,1H3,(H2,7,8)/b9-4+. The number of thiazole rings is 1. The van der Waals surface area contributed by atoms with Crippen molar-refractivity contribution in [2.24, 2.45) is 5.16 Å². The molecule has 0 spiro atoms. The lowest BCUT2D eigenvalue weighted by atomic mass is 10.3. The molecule has 0 aliphatic rings. The predicted octanol–water partition coefficient (Wildman–Crippen LogP) is 1.08. The van der Waals surface area contributed by atoms with E-state index in [2.05, 4.69) is 15.0 Å². The smallest absolute Gasteiger partial charge is 0.180 e. The maximum absolute atomic E-state index is 5.43. The summed E-state index contributed by atoms with van der Waals surface area (Å²) in [5, 5.41) is 7.34. The third kappa shape index (κ3) is 1.99. The van der Waals surface area contributed by atoms with E-state index >= 15 is 0 Å². The van der Waals surface area contributed by atoms with Gasteiger partial charge in [0.25, 0.3) is 0 Å². The van der Waals surface area contributed by atoms with Crippen LogP contribution in [-0.4, -0.2) is 23.2 Å². The van der Waals surface area contributed by atoms with Crippen molar-refractivity contribution in [1.82, 2.24) is 4.98 Å². The average molecular weight is 201 g/mol. The maximum atomic E-state index is 5.43. The molecule has 0 bridgehead atoms. The van der Waals surface area contributed by atoms with Crippen LogP contribution < -0.4 is 5.73 Å². The first-order chi connectivity index (χ1) is 5.77. The molecular weight excluding hydrogens is 194 g/mol. The quantitative estimate of drug-likeness (QED) is 0.451. The highest BCUT2D eigenvalue weighted by Crippen LogP contribution is 2.11. The van der Waals surface area contributed by atoms with Crippen LogP contribution in [0.2, 0.25) is 0 Å². The Kier molecular flexibility index (Phi) is 3.12. The summed E-state index contributed by atoms with van der Waals surface area (Å²) in [4.78, 5) is 8.56. The van der Waals surface area contributed by atoms with Crippen LogP contribution in [0, 0.1) is 0 Å². The first-order valence-corrected chi connectivity index (χ1v) is 4.40. The summed E-state index contributed by atoms with van der Waals surface area (Å²) in [5.41, 5.74) is 6.59. The summed E-state index contributed by atoms with van der Waals surface area (Å²) in [6, 6.07) is 0. The predicted molar refractivity (Wildman–Crippen MR) is 53.7 cm³/mol. The Bertz CT molecular complexity index is 307. The number of rotatable bonds is 3. The molecule has 1 rings (SSSR count). The van der Waals surface area contributed by atoms with Crippen LogP contribution in [-0.2, 0) is 4.84 Å². The van der Waals surface area contributed by atoms with Crippen LogP contribution in [0.3, 0.4) is 0 Å². The summed E-state index contributed by atoms with van der Waals surface area (Å²) >= 11 is 6.06. The van der Waals surface area contributed by atoms with Gasteiger partial charge in [-0.05, 0) is 0 Å². The lowest BCUT2D eigenvalue weighted by Crippen LogP contribution is -2.02. The fourth-order valence-electron chi connectivity index (χ4n) is 0.632. The largest absolute Gasteiger partial charge is 0.399 e. The van der Waals surface area contributed by atoms with Crippen LogP contribution in [0.5, 0.6) is 0 Å². The average Bonchev–Trinajstić information content (AvgIpc) is 2.47. The summed E-state index contributed by atoms with van der Waals surface area (Å²) in [7, 11) is 1.45. The molecule has 1 heterocycles. The summed E-state index contributed by atoms with van der Waals surface area (Å²) in [5.74, 6) is 0. The second kappa shape index (κ2) is 4.13. The molecule has 0 amide bonds. The molecule has 1 aromatic heterocycles. The molecule has 2 N–H and O–H groups in total. The van der Waals surface area contributed by atoms with E-state index in [0.29, 0.717) is 16.5 Å². The Morgan fingerprint density at radius 2 is 2.67 bits per heavy atom. The van der Waals surface area contributed by atoms with E-state index in [0.717, 1.165) is 0 Å². The van der Waals surface area contributed by atoms with E-state index in [1.807, 2.05) is 0 Å². The zero-order valence-corrected chi connectivity index (χ0v) is 7.98. The van der Waals surface area contributed by atoms with Gasteiger partial charge in [0.1, 0.15) is 18.5 Å². The Labute approximate surface area is 79.0 Å². The van der Waals surface area contributed by atoms with Crippen molar-refractivity contribution in [3.63, 3.8) is 0 Å². The SMILES string of the molecule is CO/N=C(\C=S)c1csc(N)n1. The molecular formula is C6H7N3OS2. The Hall–Kier alpha value is -1.01. The van der Waals surface area contributed by atoms with E-state index in [9.17, 15) is 0 Å². The van der Waals surface area contributed by atoms with Gasteiger partial charge in [0, 0.05) is 10.7 Å². The third-order valence-electron chi connectivity index (χ3n) is 1.09. The van der Waals surface area contributed by atoms with Gasteiger partial charge in [0.15, 0.2) is 5.13 Å². The summed E-state index contributed by atoms with van der Waals surface area (Å²) < 4.78 is 0. The van der Waals surface area contributed by atoms with Crippen molar-refractivity contribution in [1.29, 1.82) is 0 Å². The van der Waals surface area contributed by atoms with Crippen LogP contribution in [0.1, 0.15) is 5.69 Å². The highest BCUT2D eigenvalue weighted by molar-refractivity contribution is 7.80. The highest BCUT2D eigenvalue weighted by Gasteiger charge is 2.04. The van der Waals surface area contributed by atoms with Crippen molar-refractivity contribution in [3.8, 4) is 0 Å². The van der Waals surface area contributed by atoms with E-state index in [-0.39, 0.29) is 0 Å². The van der Waals surface area contributed by atoms with Crippen LogP contribution in [0.25, 0.3) is 0 Å². The van der Waals surface area contributed by atoms with E-state index in [1.165, 1.54) is 23.8 Å². The number of oxime groups is 1. The number of nitrogens with two attached hydrogens (primary N) is 1. The second-order valence-corrected chi connectivity index (χ2v) is 2.97. The highest BCUT2D eigenvalue weighted by atomic mass is 32.1. The van der Waals surface area contributed by atoms with Gasteiger partial charge in [-0.25, -0.2) is 4.98 Å². The molecule has 0 saturated carbocycles. The molecule has 0 saturated heterocycles. The number of hydrogen-bond acceptors (Lipinski definition) is 6. The lowest BCUT2D eigenvalue weighted by Gasteiger charge is -1.92. The van der Waals surface area contributed by atoms with Gasteiger partial charge in [0.05, 0.1) is 0 Å². The lowest BCUT2D eigenvalue weighted by molar-refractivity contribution is 0.214. The van der Waals surface area contributed by atoms with Crippen LogP contribution >= 0.6 is 23.6 Å². The van der Waals surface area contributed by atoms with Crippen molar-refractivity contribution < 1.29 is 4.84 Å². The molecule has 0 radical (unpaired) electrons. The molecule has 0 unspecified atom stereocenters. The van der Waals surface area contributed by atoms with Gasteiger partial charge in [-0.15, -0.1) is 11.3 Å². The topological polar surface area (TPSA) is 60.5 Å². The van der Waals surface area contributed by atoms with Crippen molar-refractivity contribution in [2.75, 3.05) is 12.8 Å². The zero-order valence-electron chi connectivity index (χ0n) is 6.35. The molecule has 1 aromatic rings.